The SMILES string of the molecule is CC12C(=O)N(CCn3ccnc3)CC(=O)N1CCc1c2[nH]c2ccccc12. The van der Waals surface area contributed by atoms with Gasteiger partial charge in [-0.2, -0.15) is 0 Å². The van der Waals surface area contributed by atoms with Gasteiger partial charge in [-0.25, -0.2) is 4.98 Å². The second-order valence-electron chi connectivity index (χ2n) is 7.42. The molecular formula is C20H21N5O2. The summed E-state index contributed by atoms with van der Waals surface area (Å²) in [5, 5.41) is 1.14. The zero-order valence-corrected chi connectivity index (χ0v) is 15.2. The number of carbonyl (C=O) groups is 2. The minimum absolute atomic E-state index is 0.00652. The van der Waals surface area contributed by atoms with Crippen molar-refractivity contribution in [2.24, 2.45) is 0 Å². The number of fused-ring (bicyclic) bond motifs is 5. The smallest absolute Gasteiger partial charge is 0.254 e. The fraction of sp³-hybridized carbons (Fsp3) is 0.350. The maximum Gasteiger partial charge on any atom is 0.254 e. The second kappa shape index (κ2) is 5.70. The first-order chi connectivity index (χ1) is 13.1. The van der Waals surface area contributed by atoms with Gasteiger partial charge in [-0.05, 0) is 25.0 Å². The summed E-state index contributed by atoms with van der Waals surface area (Å²) in [6.07, 6.45) is 6.06. The number of para-hydroxylation sites is 1. The predicted octanol–water partition coefficient (Wildman–Crippen LogP) is 1.51. The minimum Gasteiger partial charge on any atom is -0.356 e. The molecule has 3 aromatic rings. The lowest BCUT2D eigenvalue weighted by molar-refractivity contribution is -0.166. The quantitative estimate of drug-likeness (QED) is 0.766. The summed E-state index contributed by atoms with van der Waals surface area (Å²) in [6.45, 7) is 3.70. The highest BCUT2D eigenvalue weighted by Gasteiger charge is 2.53. The van der Waals surface area contributed by atoms with Gasteiger partial charge >= 0.3 is 0 Å². The Kier molecular flexibility index (Phi) is 3.40. The van der Waals surface area contributed by atoms with E-state index < -0.39 is 5.54 Å². The number of H-pyrrole nitrogens is 1. The average Bonchev–Trinajstić information content (AvgIpc) is 3.32. The van der Waals surface area contributed by atoms with Crippen molar-refractivity contribution in [3.05, 3.63) is 54.2 Å². The molecule has 4 heterocycles. The lowest BCUT2D eigenvalue weighted by atomic mass is 9.83. The first-order valence-electron chi connectivity index (χ1n) is 9.24. The Labute approximate surface area is 156 Å². The van der Waals surface area contributed by atoms with Gasteiger partial charge in [0.15, 0.2) is 5.54 Å². The molecule has 2 aliphatic heterocycles. The van der Waals surface area contributed by atoms with Crippen molar-refractivity contribution < 1.29 is 9.59 Å². The van der Waals surface area contributed by atoms with Crippen molar-refractivity contribution in [3.63, 3.8) is 0 Å². The molecule has 2 amide bonds. The van der Waals surface area contributed by atoms with Crippen molar-refractivity contribution in [2.75, 3.05) is 19.6 Å². The monoisotopic (exact) mass is 363 g/mol. The topological polar surface area (TPSA) is 74.2 Å². The lowest BCUT2D eigenvalue weighted by Crippen LogP contribution is -2.67. The third kappa shape index (κ3) is 2.24. The van der Waals surface area contributed by atoms with Crippen molar-refractivity contribution in [3.8, 4) is 0 Å². The molecule has 0 saturated carbocycles. The molecule has 7 nitrogen and oxygen atoms in total. The molecule has 1 fully saturated rings. The van der Waals surface area contributed by atoms with Crippen LogP contribution in [-0.2, 0) is 28.1 Å². The highest BCUT2D eigenvalue weighted by molar-refractivity contribution is 6.00. The van der Waals surface area contributed by atoms with Gasteiger partial charge in [0.05, 0.1) is 18.6 Å². The number of imidazole rings is 1. The van der Waals surface area contributed by atoms with Crippen molar-refractivity contribution in [2.45, 2.75) is 25.4 Å². The molecule has 27 heavy (non-hydrogen) atoms. The Morgan fingerprint density at radius 3 is 2.89 bits per heavy atom. The van der Waals surface area contributed by atoms with Gasteiger partial charge in [0.2, 0.25) is 5.91 Å². The van der Waals surface area contributed by atoms with E-state index in [0.29, 0.717) is 19.6 Å². The number of amides is 2. The fourth-order valence-electron chi connectivity index (χ4n) is 4.52. The van der Waals surface area contributed by atoms with Gasteiger partial charge in [0.25, 0.3) is 5.91 Å². The second-order valence-corrected chi connectivity index (χ2v) is 7.42. The third-order valence-electron chi connectivity index (χ3n) is 5.94. The molecule has 2 aromatic heterocycles. The lowest BCUT2D eigenvalue weighted by Gasteiger charge is -2.49. The van der Waals surface area contributed by atoms with E-state index >= 15 is 0 Å². The maximum absolute atomic E-state index is 13.5. The van der Waals surface area contributed by atoms with Gasteiger partial charge in [0.1, 0.15) is 0 Å². The van der Waals surface area contributed by atoms with Gasteiger partial charge in [0, 0.05) is 42.9 Å². The van der Waals surface area contributed by atoms with Crippen molar-refractivity contribution in [1.29, 1.82) is 0 Å². The molecule has 7 heteroatoms. The predicted molar refractivity (Wildman–Crippen MR) is 99.9 cm³/mol. The van der Waals surface area contributed by atoms with Crippen molar-refractivity contribution in [1.82, 2.24) is 24.3 Å². The van der Waals surface area contributed by atoms with E-state index in [2.05, 4.69) is 16.0 Å². The zero-order valence-electron chi connectivity index (χ0n) is 15.2. The summed E-state index contributed by atoms with van der Waals surface area (Å²) in [4.78, 5) is 37.3. The summed E-state index contributed by atoms with van der Waals surface area (Å²) in [5.41, 5.74) is 2.06. The molecule has 1 N–H and O–H groups in total. The summed E-state index contributed by atoms with van der Waals surface area (Å²) >= 11 is 0. The van der Waals surface area contributed by atoms with E-state index in [1.807, 2.05) is 35.9 Å². The van der Waals surface area contributed by atoms with Crippen LogP contribution in [0, 0.1) is 0 Å². The largest absolute Gasteiger partial charge is 0.356 e. The molecule has 1 saturated heterocycles. The Morgan fingerprint density at radius 1 is 1.22 bits per heavy atom. The summed E-state index contributed by atoms with van der Waals surface area (Å²) in [6, 6.07) is 8.09. The number of aromatic amines is 1. The van der Waals surface area contributed by atoms with Gasteiger partial charge in [-0.1, -0.05) is 18.2 Å². The van der Waals surface area contributed by atoms with E-state index in [1.165, 1.54) is 0 Å². The number of piperazine rings is 1. The minimum atomic E-state index is -0.975. The highest BCUT2D eigenvalue weighted by Crippen LogP contribution is 2.41. The van der Waals surface area contributed by atoms with E-state index in [1.54, 1.807) is 22.3 Å². The summed E-state index contributed by atoms with van der Waals surface area (Å²) in [7, 11) is 0. The maximum atomic E-state index is 13.5. The van der Waals surface area contributed by atoms with Crippen LogP contribution in [0.5, 0.6) is 0 Å². The summed E-state index contributed by atoms with van der Waals surface area (Å²) in [5.74, 6) is -0.0123. The number of rotatable bonds is 3. The third-order valence-corrected chi connectivity index (χ3v) is 5.94. The molecule has 2 aliphatic rings. The fourth-order valence-corrected chi connectivity index (χ4v) is 4.52. The van der Waals surface area contributed by atoms with Crippen molar-refractivity contribution >= 4 is 22.7 Å². The normalized spacial score (nSPS) is 22.3. The molecule has 1 aromatic carbocycles. The van der Waals surface area contributed by atoms with Crippen LogP contribution in [0.3, 0.4) is 0 Å². The average molecular weight is 363 g/mol. The Morgan fingerprint density at radius 2 is 2.07 bits per heavy atom. The molecule has 1 atom stereocenters. The molecule has 0 radical (unpaired) electrons. The van der Waals surface area contributed by atoms with Crippen LogP contribution in [0.2, 0.25) is 0 Å². The number of hydrogen-bond acceptors (Lipinski definition) is 3. The molecule has 138 valence electrons. The van der Waals surface area contributed by atoms with Crippen LogP contribution in [0.4, 0.5) is 0 Å². The Balaban J connectivity index is 1.55. The number of aromatic nitrogens is 3. The number of nitrogens with one attached hydrogen (secondary N) is 1. The van der Waals surface area contributed by atoms with Crippen LogP contribution in [-0.4, -0.2) is 55.8 Å². The van der Waals surface area contributed by atoms with E-state index in [0.717, 1.165) is 28.6 Å². The molecule has 0 spiro atoms. The molecule has 5 rings (SSSR count). The van der Waals surface area contributed by atoms with Gasteiger partial charge in [-0.3, -0.25) is 9.59 Å². The molecule has 0 aliphatic carbocycles. The van der Waals surface area contributed by atoms with Gasteiger partial charge < -0.3 is 19.4 Å². The first kappa shape index (κ1) is 16.1. The van der Waals surface area contributed by atoms with Crippen LogP contribution < -0.4 is 0 Å². The van der Waals surface area contributed by atoms with Crippen LogP contribution >= 0.6 is 0 Å². The van der Waals surface area contributed by atoms with Crippen LogP contribution in [0.25, 0.3) is 10.9 Å². The number of nitrogens with zero attached hydrogens (tertiary/aromatic N) is 4. The number of hydrogen-bond donors (Lipinski definition) is 1. The standard InChI is InChI=1S/C20H21N5O2/c1-20-18-15(14-4-2-3-5-16(14)22-18)6-8-25(20)17(26)12-24(19(20)27)11-10-23-9-7-21-13-23/h2-5,7,9,13,22H,6,8,10-12H2,1H3. The highest BCUT2D eigenvalue weighted by atomic mass is 16.2. The number of benzene rings is 1. The van der Waals surface area contributed by atoms with E-state index in [4.69, 9.17) is 0 Å². The zero-order chi connectivity index (χ0) is 18.6. The number of carbonyl (C=O) groups excluding carboxylic acids is 2. The molecule has 0 bridgehead atoms. The van der Waals surface area contributed by atoms with E-state index in [-0.39, 0.29) is 18.4 Å². The molecular weight excluding hydrogens is 342 g/mol. The molecule has 1 unspecified atom stereocenters. The summed E-state index contributed by atoms with van der Waals surface area (Å²) < 4.78 is 1.92. The van der Waals surface area contributed by atoms with Gasteiger partial charge in [-0.15, -0.1) is 0 Å². The van der Waals surface area contributed by atoms with E-state index in [9.17, 15) is 9.59 Å². The van der Waals surface area contributed by atoms with Crippen LogP contribution in [0.1, 0.15) is 18.2 Å². The van der Waals surface area contributed by atoms with Crippen LogP contribution in [0.15, 0.2) is 43.0 Å². The Bertz CT molecular complexity index is 1040. The Hall–Kier alpha value is -3.09. The first-order valence-corrected chi connectivity index (χ1v) is 9.24.